The summed E-state index contributed by atoms with van der Waals surface area (Å²) in [6.07, 6.45) is 2.67. The van der Waals surface area contributed by atoms with Crippen LogP contribution in [0.15, 0.2) is 105 Å². The second-order valence-electron chi connectivity index (χ2n) is 12.3. The van der Waals surface area contributed by atoms with E-state index in [1.807, 2.05) is 3.28 Å². The number of fused-ring (bicyclic) bond motifs is 3. The fourth-order valence-corrected chi connectivity index (χ4v) is 25.9. The van der Waals surface area contributed by atoms with E-state index in [2.05, 4.69) is 129 Å². The maximum atomic E-state index is 2.70. The van der Waals surface area contributed by atoms with Crippen LogP contribution in [0.1, 0.15) is 48.0 Å². The van der Waals surface area contributed by atoms with Crippen LogP contribution in [0, 0.1) is 5.92 Å². The van der Waals surface area contributed by atoms with Gasteiger partial charge in [-0.2, -0.15) is 0 Å². The van der Waals surface area contributed by atoms with Gasteiger partial charge >= 0.3 is 220 Å². The molecule has 2 atom stereocenters. The smallest absolute Gasteiger partial charge is 0.147 e. The van der Waals surface area contributed by atoms with E-state index >= 15 is 0 Å². The van der Waals surface area contributed by atoms with Crippen LogP contribution in [0.5, 0.6) is 0 Å². The van der Waals surface area contributed by atoms with E-state index in [9.17, 15) is 0 Å². The van der Waals surface area contributed by atoms with Gasteiger partial charge in [0.25, 0.3) is 0 Å². The second kappa shape index (κ2) is 10.0. The molecule has 0 bridgehead atoms. The van der Waals surface area contributed by atoms with E-state index in [1.54, 1.807) is 16.7 Å². The van der Waals surface area contributed by atoms with Gasteiger partial charge in [0.2, 0.25) is 0 Å². The average Bonchev–Trinajstić information content (AvgIpc) is 3.35. The van der Waals surface area contributed by atoms with Crippen molar-refractivity contribution in [1.82, 2.24) is 0 Å². The summed E-state index contributed by atoms with van der Waals surface area (Å²) < 4.78 is 7.74. The molecule has 2 aliphatic carbocycles. The van der Waals surface area contributed by atoms with Gasteiger partial charge in [-0.3, -0.25) is 0 Å². The van der Waals surface area contributed by atoms with Crippen molar-refractivity contribution in [2.75, 3.05) is 0 Å². The topological polar surface area (TPSA) is 0 Å². The third-order valence-electron chi connectivity index (χ3n) is 9.46. The van der Waals surface area contributed by atoms with E-state index in [0.29, 0.717) is 9.54 Å². The molecule has 2 unspecified atom stereocenters. The number of hydrogen-bond acceptors (Lipinski definition) is 0. The molecular weight excluding hydrogens is 599 g/mol. The third kappa shape index (κ3) is 4.37. The molecular formula is C34H38Cl2SiZr. The molecule has 0 aromatic heterocycles. The molecule has 0 amide bonds. The van der Waals surface area contributed by atoms with Crippen LogP contribution in [-0.2, 0) is 17.4 Å². The molecule has 0 radical (unpaired) electrons. The van der Waals surface area contributed by atoms with Crippen LogP contribution >= 0.6 is 24.8 Å². The number of halogens is 2. The molecule has 0 nitrogen and oxygen atoms in total. The van der Waals surface area contributed by atoms with Crippen LogP contribution < -0.4 is 0 Å². The quantitative estimate of drug-likeness (QED) is 0.155. The molecule has 0 saturated heterocycles. The fourth-order valence-electron chi connectivity index (χ4n) is 7.34. The summed E-state index contributed by atoms with van der Waals surface area (Å²) in [5.41, 5.74) is 10.4. The molecule has 0 saturated carbocycles. The summed E-state index contributed by atoms with van der Waals surface area (Å²) in [5.74, 6) is 0.571. The van der Waals surface area contributed by atoms with Gasteiger partial charge in [-0.05, 0) is 0 Å². The minimum atomic E-state index is -3.40. The van der Waals surface area contributed by atoms with Crippen molar-refractivity contribution in [3.05, 3.63) is 122 Å². The Morgan fingerprint density at radius 2 is 1.26 bits per heavy atom. The van der Waals surface area contributed by atoms with E-state index < -0.39 is 17.4 Å². The van der Waals surface area contributed by atoms with Gasteiger partial charge in [-0.1, -0.05) is 0 Å². The van der Waals surface area contributed by atoms with Crippen molar-refractivity contribution < 1.29 is 17.4 Å². The normalized spacial score (nSPS) is 19.4. The predicted molar refractivity (Wildman–Crippen MR) is 173 cm³/mol. The first kappa shape index (κ1) is 29.3. The number of rotatable bonds is 3. The molecule has 0 spiro atoms. The summed E-state index contributed by atoms with van der Waals surface area (Å²) in [6.45, 7) is 12.0. The van der Waals surface area contributed by atoms with Crippen molar-refractivity contribution in [2.45, 2.75) is 40.6 Å². The van der Waals surface area contributed by atoms with Crippen molar-refractivity contribution in [1.29, 1.82) is 0 Å². The number of allylic oxidation sites excluding steroid dienone is 5. The molecule has 2 aliphatic rings. The Kier molecular flexibility index (Phi) is 7.74. The van der Waals surface area contributed by atoms with Gasteiger partial charge in [-0.25, -0.2) is 0 Å². The molecule has 0 fully saturated rings. The Bertz CT molecular complexity index is 1770. The van der Waals surface area contributed by atoms with Crippen LogP contribution in [0.25, 0.3) is 27.1 Å². The molecule has 0 heterocycles. The van der Waals surface area contributed by atoms with E-state index in [0.717, 1.165) is 0 Å². The van der Waals surface area contributed by atoms with Gasteiger partial charge in [0, 0.05) is 0 Å². The molecule has 196 valence electrons. The monoisotopic (exact) mass is 634 g/mol. The number of benzene rings is 4. The Balaban J connectivity index is 0.00000168. The van der Waals surface area contributed by atoms with Crippen molar-refractivity contribution in [2.24, 2.45) is 5.92 Å². The number of hydrogen-bond donors (Lipinski definition) is 0. The maximum absolute atomic E-state index is 3.40. The summed E-state index contributed by atoms with van der Waals surface area (Å²) in [4.78, 5) is 0. The van der Waals surface area contributed by atoms with E-state index in [4.69, 9.17) is 0 Å². The van der Waals surface area contributed by atoms with Crippen LogP contribution in [0.4, 0.5) is 0 Å². The van der Waals surface area contributed by atoms with Gasteiger partial charge in [0.1, 0.15) is 0 Å². The van der Waals surface area contributed by atoms with Gasteiger partial charge in [0.05, 0.1) is 0 Å². The minimum Gasteiger partial charge on any atom is -0.147 e. The molecule has 4 aromatic carbocycles. The second-order valence-corrected chi connectivity index (χ2v) is 41.8. The molecule has 4 heteroatoms. The zero-order valence-corrected chi connectivity index (χ0v) is 28.8. The van der Waals surface area contributed by atoms with Crippen molar-refractivity contribution in [3.63, 3.8) is 0 Å². The first-order valence-corrected chi connectivity index (χ1v) is 26.7. The zero-order chi connectivity index (χ0) is 25.4. The molecule has 0 N–H and O–H groups in total. The maximum Gasteiger partial charge on any atom is -0.147 e. The summed E-state index contributed by atoms with van der Waals surface area (Å²) in [5, 5.41) is 5.25. The third-order valence-corrected chi connectivity index (χ3v) is 26.7. The van der Waals surface area contributed by atoms with Crippen LogP contribution in [0.2, 0.25) is 9.26 Å². The van der Waals surface area contributed by atoms with Gasteiger partial charge in [-0.15, -0.1) is 24.8 Å². The summed E-state index contributed by atoms with van der Waals surface area (Å²) >= 11 is -3.40. The zero-order valence-electron chi connectivity index (χ0n) is 23.3. The Morgan fingerprint density at radius 3 is 1.89 bits per heavy atom. The fraction of sp³-hybridized carbons (Fsp3) is 0.235. The SMILES string of the molecule is CC1=C(C)C(C)[C]([Zr]([CH3])([CH3])(=[SiH2])[CH]2C=C(c3ccc4cc5ccccc5cc4c3)c3ccccc32)=C1C.Cl.Cl. The predicted octanol–water partition coefficient (Wildman–Crippen LogP) is 9.92. The van der Waals surface area contributed by atoms with Crippen molar-refractivity contribution >= 4 is 58.8 Å². The molecule has 38 heavy (non-hydrogen) atoms. The molecule has 6 rings (SSSR count). The van der Waals surface area contributed by atoms with Crippen LogP contribution in [-0.4, -0.2) is 6.88 Å². The van der Waals surface area contributed by atoms with E-state index in [-0.39, 0.29) is 24.8 Å². The van der Waals surface area contributed by atoms with E-state index in [1.165, 1.54) is 43.8 Å². The van der Waals surface area contributed by atoms with Gasteiger partial charge in [0.15, 0.2) is 0 Å². The first-order valence-electron chi connectivity index (χ1n) is 13.3. The molecule has 0 aliphatic heterocycles. The van der Waals surface area contributed by atoms with Gasteiger partial charge < -0.3 is 0 Å². The summed E-state index contributed by atoms with van der Waals surface area (Å²) in [7, 11) is 0. The molecule has 4 aromatic rings. The standard InChI is InChI=1S/C23H15.C9H13.2CH3.2ClH.H2Si.Zr/c1-2-7-18-14-21-15-20(10-9-19(21)13-17(18)6-1)23-12-11-16-5-3-4-8-22(16)23;1-6-5-7(2)9(4)8(6)3;;;;;;/h1-15H;6H,1-4H3;2*1H3;2*1H;1H2;. The minimum absolute atomic E-state index is 0. The first-order chi connectivity index (χ1) is 17.0. The Morgan fingerprint density at radius 1 is 0.684 bits per heavy atom. The average molecular weight is 637 g/mol. The van der Waals surface area contributed by atoms with Crippen LogP contribution in [0.3, 0.4) is 0 Å². The largest absolute Gasteiger partial charge is 0.147 e. The van der Waals surface area contributed by atoms with Crippen molar-refractivity contribution in [3.8, 4) is 0 Å². The summed E-state index contributed by atoms with van der Waals surface area (Å²) in [6, 6.07) is 29.7. The Labute approximate surface area is 242 Å². The Hall–Kier alpha value is -1.70.